The molecule has 0 saturated carbocycles. The summed E-state index contributed by atoms with van der Waals surface area (Å²) >= 11 is 0. The number of benzene rings is 1. The van der Waals surface area contributed by atoms with E-state index >= 15 is 0 Å². The van der Waals surface area contributed by atoms with E-state index in [1.807, 2.05) is 32.9 Å². The number of aromatic nitrogens is 2. The molecule has 6 heteroatoms. The SMILES string of the molecule is Cc1ccc(C(=O)Nc2cnc3[nH]cc(C(=O)NC(C)C)c3c2)cc1. The van der Waals surface area contributed by atoms with Crippen molar-refractivity contribution in [1.29, 1.82) is 0 Å². The summed E-state index contributed by atoms with van der Waals surface area (Å²) in [5, 5.41) is 6.34. The van der Waals surface area contributed by atoms with Crippen molar-refractivity contribution in [2.24, 2.45) is 0 Å². The van der Waals surface area contributed by atoms with Gasteiger partial charge in [0.1, 0.15) is 5.65 Å². The smallest absolute Gasteiger partial charge is 0.255 e. The molecule has 0 bridgehead atoms. The monoisotopic (exact) mass is 336 g/mol. The second-order valence-electron chi connectivity index (χ2n) is 6.27. The Morgan fingerprint density at radius 2 is 1.84 bits per heavy atom. The van der Waals surface area contributed by atoms with Gasteiger partial charge in [0.2, 0.25) is 0 Å². The van der Waals surface area contributed by atoms with Gasteiger partial charge >= 0.3 is 0 Å². The van der Waals surface area contributed by atoms with E-state index in [9.17, 15) is 9.59 Å². The van der Waals surface area contributed by atoms with Gasteiger partial charge in [-0.3, -0.25) is 9.59 Å². The number of aromatic amines is 1. The quantitative estimate of drug-likeness (QED) is 0.683. The van der Waals surface area contributed by atoms with Crippen LogP contribution < -0.4 is 10.6 Å². The highest BCUT2D eigenvalue weighted by atomic mass is 16.2. The Bertz CT molecular complexity index is 926. The number of rotatable bonds is 4. The van der Waals surface area contributed by atoms with Gasteiger partial charge in [0.25, 0.3) is 11.8 Å². The molecule has 2 heterocycles. The third kappa shape index (κ3) is 3.68. The van der Waals surface area contributed by atoms with Gasteiger partial charge in [-0.1, -0.05) is 17.7 Å². The second-order valence-corrected chi connectivity index (χ2v) is 6.27. The highest BCUT2D eigenvalue weighted by Crippen LogP contribution is 2.21. The van der Waals surface area contributed by atoms with E-state index in [4.69, 9.17) is 0 Å². The van der Waals surface area contributed by atoms with Crippen molar-refractivity contribution >= 4 is 28.5 Å². The first-order valence-electron chi connectivity index (χ1n) is 8.10. The molecule has 3 N–H and O–H groups in total. The van der Waals surface area contributed by atoms with Crippen LogP contribution in [-0.2, 0) is 0 Å². The molecule has 0 spiro atoms. The van der Waals surface area contributed by atoms with Crippen LogP contribution in [0, 0.1) is 6.92 Å². The first-order chi connectivity index (χ1) is 11.9. The van der Waals surface area contributed by atoms with Crippen molar-refractivity contribution in [3.05, 3.63) is 59.4 Å². The summed E-state index contributed by atoms with van der Waals surface area (Å²) in [6, 6.07) is 9.10. The highest BCUT2D eigenvalue weighted by Gasteiger charge is 2.15. The van der Waals surface area contributed by atoms with Crippen molar-refractivity contribution in [2.75, 3.05) is 5.32 Å². The molecule has 0 radical (unpaired) electrons. The molecule has 0 aliphatic heterocycles. The molecule has 3 rings (SSSR count). The minimum Gasteiger partial charge on any atom is -0.350 e. The summed E-state index contributed by atoms with van der Waals surface area (Å²) in [5.41, 5.74) is 3.30. The second kappa shape index (κ2) is 6.76. The zero-order valence-corrected chi connectivity index (χ0v) is 14.4. The molecule has 0 saturated heterocycles. The zero-order valence-electron chi connectivity index (χ0n) is 14.4. The van der Waals surface area contributed by atoms with Gasteiger partial charge in [-0.15, -0.1) is 0 Å². The molecule has 0 fully saturated rings. The number of nitrogens with zero attached hydrogens (tertiary/aromatic N) is 1. The number of nitrogens with one attached hydrogen (secondary N) is 3. The number of H-pyrrole nitrogens is 1. The third-order valence-corrected chi connectivity index (χ3v) is 3.77. The molecular formula is C19H20N4O2. The topological polar surface area (TPSA) is 86.9 Å². The number of anilines is 1. The number of fused-ring (bicyclic) bond motifs is 1. The summed E-state index contributed by atoms with van der Waals surface area (Å²) in [4.78, 5) is 31.9. The van der Waals surface area contributed by atoms with Crippen LogP contribution in [0.15, 0.2) is 42.7 Å². The zero-order chi connectivity index (χ0) is 18.0. The maximum atomic E-state index is 12.3. The van der Waals surface area contributed by atoms with Gasteiger partial charge in [0, 0.05) is 23.2 Å². The van der Waals surface area contributed by atoms with Crippen molar-refractivity contribution in [3.8, 4) is 0 Å². The summed E-state index contributed by atoms with van der Waals surface area (Å²) in [5.74, 6) is -0.394. The Hall–Kier alpha value is -3.15. The van der Waals surface area contributed by atoms with Gasteiger partial charge in [0.15, 0.2) is 0 Å². The van der Waals surface area contributed by atoms with Gasteiger partial charge < -0.3 is 15.6 Å². The molecule has 1 aromatic carbocycles. The standard InChI is InChI=1S/C19H20N4O2/c1-11(2)22-19(25)16-10-21-17-15(16)8-14(9-20-17)23-18(24)13-6-4-12(3)5-7-13/h4-11H,1-3H3,(H,20,21)(H,22,25)(H,23,24). The van der Waals surface area contributed by atoms with E-state index in [0.717, 1.165) is 5.56 Å². The van der Waals surface area contributed by atoms with E-state index in [0.29, 0.717) is 27.8 Å². The fraction of sp³-hybridized carbons (Fsp3) is 0.211. The first kappa shape index (κ1) is 16.7. The minimum atomic E-state index is -0.218. The summed E-state index contributed by atoms with van der Waals surface area (Å²) in [6.45, 7) is 5.77. The lowest BCUT2D eigenvalue weighted by Gasteiger charge is -2.08. The van der Waals surface area contributed by atoms with Crippen LogP contribution in [0.5, 0.6) is 0 Å². The summed E-state index contributed by atoms with van der Waals surface area (Å²) in [6.07, 6.45) is 3.19. The summed E-state index contributed by atoms with van der Waals surface area (Å²) < 4.78 is 0. The van der Waals surface area contributed by atoms with Crippen LogP contribution in [0.4, 0.5) is 5.69 Å². The van der Waals surface area contributed by atoms with Gasteiger partial charge in [0.05, 0.1) is 17.4 Å². The molecule has 2 aromatic heterocycles. The van der Waals surface area contributed by atoms with Crippen molar-refractivity contribution < 1.29 is 9.59 Å². The number of aryl methyl sites for hydroxylation is 1. The Morgan fingerprint density at radius 1 is 1.12 bits per heavy atom. The largest absolute Gasteiger partial charge is 0.350 e. The number of carbonyl (C=O) groups excluding carboxylic acids is 2. The Balaban J connectivity index is 1.86. The van der Waals surface area contributed by atoms with Gasteiger partial charge in [-0.25, -0.2) is 4.98 Å². The van der Waals surface area contributed by atoms with E-state index in [-0.39, 0.29) is 17.9 Å². The van der Waals surface area contributed by atoms with Gasteiger partial charge in [-0.05, 0) is 39.0 Å². The predicted molar refractivity (Wildman–Crippen MR) is 97.8 cm³/mol. The van der Waals surface area contributed by atoms with Crippen LogP contribution in [-0.4, -0.2) is 27.8 Å². The van der Waals surface area contributed by atoms with Gasteiger partial charge in [-0.2, -0.15) is 0 Å². The molecular weight excluding hydrogens is 316 g/mol. The number of hydrogen-bond donors (Lipinski definition) is 3. The highest BCUT2D eigenvalue weighted by molar-refractivity contribution is 6.08. The minimum absolute atomic E-state index is 0.0369. The molecule has 0 atom stereocenters. The number of hydrogen-bond acceptors (Lipinski definition) is 3. The molecule has 128 valence electrons. The Kier molecular flexibility index (Phi) is 4.52. The average Bonchev–Trinajstić information content (AvgIpc) is 2.98. The lowest BCUT2D eigenvalue weighted by molar-refractivity contribution is 0.0944. The van der Waals surface area contributed by atoms with E-state index < -0.39 is 0 Å². The van der Waals surface area contributed by atoms with Crippen molar-refractivity contribution in [1.82, 2.24) is 15.3 Å². The number of pyridine rings is 1. The first-order valence-corrected chi connectivity index (χ1v) is 8.10. The lowest BCUT2D eigenvalue weighted by atomic mass is 10.1. The van der Waals surface area contributed by atoms with Crippen LogP contribution in [0.1, 0.15) is 40.1 Å². The molecule has 2 amide bonds. The summed E-state index contributed by atoms with van der Waals surface area (Å²) in [7, 11) is 0. The molecule has 25 heavy (non-hydrogen) atoms. The Morgan fingerprint density at radius 3 is 2.52 bits per heavy atom. The molecule has 3 aromatic rings. The van der Waals surface area contributed by atoms with Crippen LogP contribution in [0.3, 0.4) is 0 Å². The fourth-order valence-corrected chi connectivity index (χ4v) is 2.51. The lowest BCUT2D eigenvalue weighted by Crippen LogP contribution is -2.29. The normalized spacial score (nSPS) is 10.9. The fourth-order valence-electron chi connectivity index (χ4n) is 2.51. The molecule has 0 unspecified atom stereocenters. The molecule has 0 aliphatic carbocycles. The maximum absolute atomic E-state index is 12.3. The number of amides is 2. The molecule has 0 aliphatic rings. The average molecular weight is 336 g/mol. The predicted octanol–water partition coefficient (Wildman–Crippen LogP) is 3.26. The van der Waals surface area contributed by atoms with Crippen molar-refractivity contribution in [2.45, 2.75) is 26.8 Å². The van der Waals surface area contributed by atoms with Crippen molar-refractivity contribution in [3.63, 3.8) is 0 Å². The Labute approximate surface area is 145 Å². The van der Waals surface area contributed by atoms with Crippen LogP contribution in [0.2, 0.25) is 0 Å². The van der Waals surface area contributed by atoms with E-state index in [1.54, 1.807) is 30.6 Å². The molecule has 6 nitrogen and oxygen atoms in total. The van der Waals surface area contributed by atoms with E-state index in [1.165, 1.54) is 0 Å². The van der Waals surface area contributed by atoms with Crippen LogP contribution in [0.25, 0.3) is 11.0 Å². The van der Waals surface area contributed by atoms with Crippen LogP contribution >= 0.6 is 0 Å². The van der Waals surface area contributed by atoms with E-state index in [2.05, 4.69) is 20.6 Å². The number of carbonyl (C=O) groups is 2. The maximum Gasteiger partial charge on any atom is 0.255 e. The third-order valence-electron chi connectivity index (χ3n) is 3.77.